The Morgan fingerprint density at radius 2 is 1.97 bits per heavy atom. The Bertz CT molecular complexity index is 1370. The Morgan fingerprint density at radius 3 is 2.90 bits per heavy atom. The number of amides is 1. The number of rotatable bonds is 5. The van der Waals surface area contributed by atoms with Crippen LogP contribution in [0.4, 0.5) is 0 Å². The molecular formula is C23H19N5O2. The average molecular weight is 397 g/mol. The summed E-state index contributed by atoms with van der Waals surface area (Å²) in [4.78, 5) is 21.5. The van der Waals surface area contributed by atoms with Crippen LogP contribution in [0, 0.1) is 6.92 Å². The molecule has 1 N–H and O–H groups in total. The van der Waals surface area contributed by atoms with Gasteiger partial charge in [0.2, 0.25) is 0 Å². The van der Waals surface area contributed by atoms with E-state index >= 15 is 0 Å². The van der Waals surface area contributed by atoms with E-state index in [0.29, 0.717) is 17.9 Å². The molecule has 0 radical (unpaired) electrons. The fourth-order valence-electron chi connectivity index (χ4n) is 3.33. The van der Waals surface area contributed by atoms with Gasteiger partial charge in [0.15, 0.2) is 0 Å². The fraction of sp³-hybridized carbons (Fsp3) is 0.0870. The number of carbonyl (C=O) groups excluding carboxylic acids is 1. The van der Waals surface area contributed by atoms with Crippen LogP contribution in [0.15, 0.2) is 79.4 Å². The van der Waals surface area contributed by atoms with Crippen molar-refractivity contribution in [3.63, 3.8) is 0 Å². The molecule has 2 aromatic carbocycles. The lowest BCUT2D eigenvalue weighted by molar-refractivity contribution is 0.101. The van der Waals surface area contributed by atoms with E-state index in [1.165, 1.54) is 0 Å². The Labute approximate surface area is 172 Å². The molecule has 0 bridgehead atoms. The molecule has 0 saturated heterocycles. The summed E-state index contributed by atoms with van der Waals surface area (Å²) in [6, 6.07) is 18.7. The molecular weight excluding hydrogens is 378 g/mol. The number of aryl methyl sites for hydroxylation is 1. The van der Waals surface area contributed by atoms with E-state index in [-0.39, 0.29) is 5.91 Å². The smallest absolute Gasteiger partial charge is 0.270 e. The third-order valence-electron chi connectivity index (χ3n) is 4.81. The number of hydrogen-bond acceptors (Lipinski definition) is 4. The van der Waals surface area contributed by atoms with Gasteiger partial charge in [-0.3, -0.25) is 10.2 Å². The van der Waals surface area contributed by atoms with Gasteiger partial charge in [-0.05, 0) is 48.9 Å². The van der Waals surface area contributed by atoms with Crippen molar-refractivity contribution in [2.75, 3.05) is 5.43 Å². The lowest BCUT2D eigenvalue weighted by Crippen LogP contribution is -2.22. The third kappa shape index (κ3) is 3.48. The normalized spacial score (nSPS) is 11.1. The van der Waals surface area contributed by atoms with E-state index in [0.717, 1.165) is 27.9 Å². The van der Waals surface area contributed by atoms with Crippen molar-refractivity contribution in [1.82, 2.24) is 19.0 Å². The first-order valence-corrected chi connectivity index (χ1v) is 9.56. The number of pyridine rings is 1. The van der Waals surface area contributed by atoms with Crippen molar-refractivity contribution in [2.24, 2.45) is 0 Å². The molecule has 0 fully saturated rings. The van der Waals surface area contributed by atoms with E-state index in [9.17, 15) is 4.79 Å². The van der Waals surface area contributed by atoms with Crippen LogP contribution < -0.4 is 10.2 Å². The molecule has 0 spiro atoms. The van der Waals surface area contributed by atoms with Crippen molar-refractivity contribution in [2.45, 2.75) is 13.5 Å². The van der Waals surface area contributed by atoms with Crippen molar-refractivity contribution in [3.05, 3.63) is 96.2 Å². The second kappa shape index (κ2) is 7.36. The number of imidazole rings is 2. The lowest BCUT2D eigenvalue weighted by Gasteiger charge is -2.09. The highest BCUT2D eigenvalue weighted by atomic mass is 16.5. The molecule has 1 amide bonds. The molecule has 148 valence electrons. The van der Waals surface area contributed by atoms with Gasteiger partial charge in [0, 0.05) is 18.0 Å². The number of para-hydroxylation sites is 2. The molecule has 0 unspecified atom stereocenters. The number of aromatic nitrogens is 4. The zero-order valence-electron chi connectivity index (χ0n) is 16.3. The average Bonchev–Trinajstić information content (AvgIpc) is 3.36. The predicted octanol–water partition coefficient (Wildman–Crippen LogP) is 3.96. The SMILES string of the molecule is Cc1ccc2nc(COc3cccc(C(=O)Nn4cnc5ccccc54)c3)cn2c1. The molecule has 0 saturated carbocycles. The predicted molar refractivity (Wildman–Crippen MR) is 114 cm³/mol. The number of nitrogens with one attached hydrogen (secondary N) is 1. The topological polar surface area (TPSA) is 73.4 Å². The minimum absolute atomic E-state index is 0.244. The van der Waals surface area contributed by atoms with Gasteiger partial charge in [-0.1, -0.05) is 24.3 Å². The zero-order valence-corrected chi connectivity index (χ0v) is 16.3. The molecule has 5 aromatic rings. The summed E-state index contributed by atoms with van der Waals surface area (Å²) in [7, 11) is 0. The van der Waals surface area contributed by atoms with E-state index in [2.05, 4.69) is 15.4 Å². The quantitative estimate of drug-likeness (QED) is 0.487. The highest BCUT2D eigenvalue weighted by molar-refractivity contribution is 6.01. The number of benzene rings is 2. The van der Waals surface area contributed by atoms with Crippen molar-refractivity contribution >= 4 is 22.6 Å². The van der Waals surface area contributed by atoms with Gasteiger partial charge in [0.25, 0.3) is 5.91 Å². The van der Waals surface area contributed by atoms with Crippen LogP contribution >= 0.6 is 0 Å². The molecule has 30 heavy (non-hydrogen) atoms. The molecule has 7 nitrogen and oxygen atoms in total. The summed E-state index contributed by atoms with van der Waals surface area (Å²) in [5, 5.41) is 0. The third-order valence-corrected chi connectivity index (χ3v) is 4.81. The summed E-state index contributed by atoms with van der Waals surface area (Å²) in [5.41, 5.74) is 7.85. The van der Waals surface area contributed by atoms with Gasteiger partial charge in [-0.2, -0.15) is 0 Å². The molecule has 5 rings (SSSR count). The van der Waals surface area contributed by atoms with E-state index < -0.39 is 0 Å². The van der Waals surface area contributed by atoms with Gasteiger partial charge in [0.05, 0.1) is 16.7 Å². The number of fused-ring (bicyclic) bond motifs is 2. The lowest BCUT2D eigenvalue weighted by atomic mass is 10.2. The molecule has 0 aliphatic heterocycles. The first kappa shape index (κ1) is 17.9. The number of ether oxygens (including phenoxy) is 1. The highest BCUT2D eigenvalue weighted by Crippen LogP contribution is 2.17. The van der Waals surface area contributed by atoms with Crippen molar-refractivity contribution in [3.8, 4) is 5.75 Å². The van der Waals surface area contributed by atoms with Gasteiger partial charge in [-0.25, -0.2) is 14.6 Å². The van der Waals surface area contributed by atoms with Crippen LogP contribution in [0.25, 0.3) is 16.7 Å². The number of carbonyl (C=O) groups is 1. The monoisotopic (exact) mass is 397 g/mol. The number of nitrogens with zero attached hydrogens (tertiary/aromatic N) is 4. The van der Waals surface area contributed by atoms with Crippen LogP contribution in [0.1, 0.15) is 21.6 Å². The first-order valence-electron chi connectivity index (χ1n) is 9.56. The Morgan fingerprint density at radius 1 is 1.07 bits per heavy atom. The standard InChI is InChI=1S/C23H19N5O2/c1-16-9-10-22-25-18(13-27(22)12-16)14-30-19-6-4-5-17(11-19)23(29)26-28-15-24-20-7-2-3-8-21(20)28/h2-13,15H,14H2,1H3,(H,26,29). The summed E-state index contributed by atoms with van der Waals surface area (Å²) >= 11 is 0. The van der Waals surface area contributed by atoms with Crippen LogP contribution in [0.2, 0.25) is 0 Å². The number of hydrogen-bond donors (Lipinski definition) is 1. The molecule has 3 aromatic heterocycles. The second-order valence-corrected chi connectivity index (χ2v) is 7.06. The van der Waals surface area contributed by atoms with Gasteiger partial charge >= 0.3 is 0 Å². The molecule has 0 aliphatic rings. The maximum absolute atomic E-state index is 12.7. The Balaban J connectivity index is 1.30. The molecule has 3 heterocycles. The van der Waals surface area contributed by atoms with Crippen molar-refractivity contribution in [1.29, 1.82) is 0 Å². The van der Waals surface area contributed by atoms with Crippen molar-refractivity contribution < 1.29 is 9.53 Å². The van der Waals surface area contributed by atoms with Gasteiger partial charge < -0.3 is 9.14 Å². The summed E-state index contributed by atoms with van der Waals surface area (Å²) < 4.78 is 9.47. The Kier molecular flexibility index (Phi) is 4.40. The first-order chi connectivity index (χ1) is 14.7. The molecule has 7 heteroatoms. The van der Waals surface area contributed by atoms with Crippen LogP contribution in [0.5, 0.6) is 5.75 Å². The maximum atomic E-state index is 12.7. The van der Waals surface area contributed by atoms with E-state index in [4.69, 9.17) is 4.74 Å². The summed E-state index contributed by atoms with van der Waals surface area (Å²) in [6.45, 7) is 2.36. The minimum Gasteiger partial charge on any atom is -0.487 e. The van der Waals surface area contributed by atoms with Crippen LogP contribution in [-0.2, 0) is 6.61 Å². The zero-order chi connectivity index (χ0) is 20.5. The maximum Gasteiger partial charge on any atom is 0.270 e. The Hall–Kier alpha value is -4.13. The van der Waals surface area contributed by atoms with Crippen LogP contribution in [0.3, 0.4) is 0 Å². The highest BCUT2D eigenvalue weighted by Gasteiger charge is 2.10. The fourth-order valence-corrected chi connectivity index (χ4v) is 3.33. The van der Waals surface area contributed by atoms with Gasteiger partial charge in [0.1, 0.15) is 24.3 Å². The minimum atomic E-state index is -0.244. The van der Waals surface area contributed by atoms with E-state index in [1.807, 2.05) is 66.2 Å². The summed E-state index contributed by atoms with van der Waals surface area (Å²) in [5.74, 6) is 0.359. The summed E-state index contributed by atoms with van der Waals surface area (Å²) in [6.07, 6.45) is 5.56. The van der Waals surface area contributed by atoms with E-state index in [1.54, 1.807) is 29.2 Å². The largest absolute Gasteiger partial charge is 0.487 e. The second-order valence-electron chi connectivity index (χ2n) is 7.06. The van der Waals surface area contributed by atoms with Crippen LogP contribution in [-0.4, -0.2) is 25.0 Å². The van der Waals surface area contributed by atoms with Gasteiger partial charge in [-0.15, -0.1) is 0 Å². The molecule has 0 aliphatic carbocycles. The molecule has 0 atom stereocenters.